The highest BCUT2D eigenvalue weighted by molar-refractivity contribution is 5.68. The van der Waals surface area contributed by atoms with E-state index < -0.39 is 0 Å². The standard InChI is InChI=1S/C10H20N2O2/c1-8(2)14-10(13)12-6-9(7-12)5-11(3)4/h8-9H,5-7H2,1-4H3. The first-order chi connectivity index (χ1) is 6.49. The monoisotopic (exact) mass is 200 g/mol. The molecule has 4 nitrogen and oxygen atoms in total. The molecule has 1 amide bonds. The van der Waals surface area contributed by atoms with Crippen molar-refractivity contribution in [3.05, 3.63) is 0 Å². The Hall–Kier alpha value is -0.770. The van der Waals surface area contributed by atoms with Gasteiger partial charge in [-0.15, -0.1) is 0 Å². The van der Waals surface area contributed by atoms with Crippen LogP contribution < -0.4 is 0 Å². The third kappa shape index (κ3) is 3.18. The number of ether oxygens (including phenoxy) is 1. The Morgan fingerprint density at radius 2 is 2.07 bits per heavy atom. The highest BCUT2D eigenvalue weighted by atomic mass is 16.6. The van der Waals surface area contributed by atoms with E-state index in [1.54, 1.807) is 4.90 Å². The molecule has 0 bridgehead atoms. The summed E-state index contributed by atoms with van der Waals surface area (Å²) in [5, 5.41) is 0. The second-order valence-electron chi connectivity index (χ2n) is 4.47. The van der Waals surface area contributed by atoms with Crippen molar-refractivity contribution in [1.29, 1.82) is 0 Å². The summed E-state index contributed by atoms with van der Waals surface area (Å²) in [6.45, 7) is 6.46. The summed E-state index contributed by atoms with van der Waals surface area (Å²) < 4.78 is 5.08. The summed E-state index contributed by atoms with van der Waals surface area (Å²) >= 11 is 0. The van der Waals surface area contributed by atoms with Crippen molar-refractivity contribution >= 4 is 6.09 Å². The van der Waals surface area contributed by atoms with Crippen LogP contribution in [0.5, 0.6) is 0 Å². The molecule has 0 aliphatic carbocycles. The summed E-state index contributed by atoms with van der Waals surface area (Å²) in [5.41, 5.74) is 0. The van der Waals surface area contributed by atoms with Crippen molar-refractivity contribution in [2.45, 2.75) is 20.0 Å². The zero-order chi connectivity index (χ0) is 10.7. The predicted molar refractivity (Wildman–Crippen MR) is 55.2 cm³/mol. The summed E-state index contributed by atoms with van der Waals surface area (Å²) in [7, 11) is 4.10. The summed E-state index contributed by atoms with van der Waals surface area (Å²) in [6.07, 6.45) is -0.189. The van der Waals surface area contributed by atoms with E-state index in [0.29, 0.717) is 5.92 Å². The van der Waals surface area contributed by atoms with Crippen molar-refractivity contribution in [1.82, 2.24) is 9.80 Å². The quantitative estimate of drug-likeness (QED) is 0.682. The molecule has 0 aromatic heterocycles. The molecular weight excluding hydrogens is 180 g/mol. The Bertz CT molecular complexity index is 198. The van der Waals surface area contributed by atoms with Gasteiger partial charge in [0.15, 0.2) is 0 Å². The Balaban J connectivity index is 2.17. The number of carbonyl (C=O) groups excluding carboxylic acids is 1. The lowest BCUT2D eigenvalue weighted by Gasteiger charge is -2.39. The van der Waals surface area contributed by atoms with Crippen LogP contribution in [0.3, 0.4) is 0 Å². The topological polar surface area (TPSA) is 32.8 Å². The minimum absolute atomic E-state index is 0.0181. The molecule has 4 heteroatoms. The fraction of sp³-hybridized carbons (Fsp3) is 0.900. The van der Waals surface area contributed by atoms with E-state index in [0.717, 1.165) is 19.6 Å². The average molecular weight is 200 g/mol. The van der Waals surface area contributed by atoms with Gasteiger partial charge in [-0.3, -0.25) is 0 Å². The number of likely N-dealkylation sites (tertiary alicyclic amines) is 1. The van der Waals surface area contributed by atoms with Crippen molar-refractivity contribution in [2.75, 3.05) is 33.7 Å². The van der Waals surface area contributed by atoms with Crippen molar-refractivity contribution in [3.8, 4) is 0 Å². The maximum Gasteiger partial charge on any atom is 0.410 e. The van der Waals surface area contributed by atoms with Crippen LogP contribution in [0, 0.1) is 5.92 Å². The summed E-state index contributed by atoms with van der Waals surface area (Å²) in [4.78, 5) is 15.3. The van der Waals surface area contributed by atoms with E-state index in [1.165, 1.54) is 0 Å². The Morgan fingerprint density at radius 1 is 1.50 bits per heavy atom. The molecule has 1 aliphatic rings. The van der Waals surface area contributed by atoms with E-state index >= 15 is 0 Å². The molecule has 0 atom stereocenters. The molecule has 1 saturated heterocycles. The van der Waals surface area contributed by atoms with Crippen LogP contribution in [0.4, 0.5) is 4.79 Å². The van der Waals surface area contributed by atoms with Crippen LogP contribution in [-0.4, -0.2) is 55.7 Å². The first-order valence-corrected chi connectivity index (χ1v) is 5.09. The number of hydrogen-bond donors (Lipinski definition) is 0. The number of rotatable bonds is 3. The first kappa shape index (κ1) is 11.3. The number of amides is 1. The minimum Gasteiger partial charge on any atom is -0.447 e. The van der Waals surface area contributed by atoms with Gasteiger partial charge in [-0.2, -0.15) is 0 Å². The molecule has 0 aromatic carbocycles. The highest BCUT2D eigenvalue weighted by Crippen LogP contribution is 2.17. The highest BCUT2D eigenvalue weighted by Gasteiger charge is 2.31. The number of hydrogen-bond acceptors (Lipinski definition) is 3. The normalized spacial score (nSPS) is 17.4. The lowest BCUT2D eigenvalue weighted by molar-refractivity contribution is 0.0305. The van der Waals surface area contributed by atoms with Gasteiger partial charge in [0, 0.05) is 25.6 Å². The molecule has 0 spiro atoms. The van der Waals surface area contributed by atoms with Crippen LogP contribution in [-0.2, 0) is 4.74 Å². The third-order valence-corrected chi connectivity index (χ3v) is 2.18. The molecule has 82 valence electrons. The van der Waals surface area contributed by atoms with Gasteiger partial charge in [-0.05, 0) is 27.9 Å². The van der Waals surface area contributed by atoms with Crippen LogP contribution in [0.1, 0.15) is 13.8 Å². The van der Waals surface area contributed by atoms with Gasteiger partial charge in [0.25, 0.3) is 0 Å². The van der Waals surface area contributed by atoms with Crippen LogP contribution in [0.15, 0.2) is 0 Å². The second-order valence-corrected chi connectivity index (χ2v) is 4.47. The van der Waals surface area contributed by atoms with Gasteiger partial charge < -0.3 is 14.5 Å². The van der Waals surface area contributed by atoms with Gasteiger partial charge in [0.1, 0.15) is 0 Å². The molecule has 0 N–H and O–H groups in total. The fourth-order valence-corrected chi connectivity index (χ4v) is 1.63. The van der Waals surface area contributed by atoms with Crippen molar-refractivity contribution in [3.63, 3.8) is 0 Å². The van der Waals surface area contributed by atoms with Crippen LogP contribution in [0.25, 0.3) is 0 Å². The zero-order valence-corrected chi connectivity index (χ0v) is 9.49. The van der Waals surface area contributed by atoms with Gasteiger partial charge in [0.05, 0.1) is 6.10 Å². The van der Waals surface area contributed by atoms with Crippen LogP contribution in [0.2, 0.25) is 0 Å². The van der Waals surface area contributed by atoms with Crippen LogP contribution >= 0.6 is 0 Å². The molecule has 1 fully saturated rings. The molecular formula is C10H20N2O2. The molecule has 1 heterocycles. The van der Waals surface area contributed by atoms with Crippen molar-refractivity contribution < 1.29 is 9.53 Å². The molecule has 0 aromatic rings. The first-order valence-electron chi connectivity index (χ1n) is 5.09. The average Bonchev–Trinajstić information content (AvgIpc) is 1.93. The van der Waals surface area contributed by atoms with Gasteiger partial charge in [0.2, 0.25) is 0 Å². The Kier molecular flexibility index (Phi) is 3.75. The lowest BCUT2D eigenvalue weighted by Crippen LogP contribution is -2.53. The molecule has 1 rings (SSSR count). The smallest absolute Gasteiger partial charge is 0.410 e. The van der Waals surface area contributed by atoms with E-state index in [2.05, 4.69) is 19.0 Å². The van der Waals surface area contributed by atoms with Gasteiger partial charge in [-0.25, -0.2) is 4.79 Å². The molecule has 14 heavy (non-hydrogen) atoms. The fourth-order valence-electron chi connectivity index (χ4n) is 1.63. The van der Waals surface area contributed by atoms with Crippen molar-refractivity contribution in [2.24, 2.45) is 5.92 Å². The molecule has 0 unspecified atom stereocenters. The van der Waals surface area contributed by atoms with E-state index in [4.69, 9.17) is 4.74 Å². The van der Waals surface area contributed by atoms with Gasteiger partial charge >= 0.3 is 6.09 Å². The maximum atomic E-state index is 11.4. The third-order valence-electron chi connectivity index (χ3n) is 2.18. The molecule has 0 radical (unpaired) electrons. The molecule has 1 aliphatic heterocycles. The Labute approximate surface area is 85.8 Å². The largest absolute Gasteiger partial charge is 0.447 e. The lowest BCUT2D eigenvalue weighted by atomic mass is 10.0. The molecule has 0 saturated carbocycles. The maximum absolute atomic E-state index is 11.4. The second kappa shape index (κ2) is 4.64. The van der Waals surface area contributed by atoms with E-state index in [9.17, 15) is 4.79 Å². The summed E-state index contributed by atoms with van der Waals surface area (Å²) in [5.74, 6) is 0.615. The van der Waals surface area contributed by atoms with Gasteiger partial charge in [-0.1, -0.05) is 0 Å². The van der Waals surface area contributed by atoms with E-state index in [-0.39, 0.29) is 12.2 Å². The number of nitrogens with zero attached hydrogens (tertiary/aromatic N) is 2. The summed E-state index contributed by atoms with van der Waals surface area (Å²) in [6, 6.07) is 0. The SMILES string of the molecule is CC(C)OC(=O)N1CC(CN(C)C)C1. The number of carbonyl (C=O) groups is 1. The predicted octanol–water partition coefficient (Wildman–Crippen LogP) is 1.02. The van der Waals surface area contributed by atoms with E-state index in [1.807, 2.05) is 13.8 Å². The zero-order valence-electron chi connectivity index (χ0n) is 9.49. The Morgan fingerprint density at radius 3 is 2.50 bits per heavy atom. The minimum atomic E-state index is -0.171.